The third-order valence-electron chi connectivity index (χ3n) is 5.72. The van der Waals surface area contributed by atoms with Gasteiger partial charge in [-0.1, -0.05) is 20.3 Å². The quantitative estimate of drug-likeness (QED) is 0.0850. The molecule has 10 N–H and O–H groups in total. The van der Waals surface area contributed by atoms with Gasteiger partial charge >= 0.3 is 5.97 Å². The maximum Gasteiger partial charge on any atom is 0.328 e. The van der Waals surface area contributed by atoms with Crippen LogP contribution >= 0.6 is 0 Å². The first-order valence-corrected chi connectivity index (χ1v) is 11.1. The number of carbonyl (C=O) groups is 4. The average molecular weight is 472 g/mol. The van der Waals surface area contributed by atoms with Crippen LogP contribution in [0.1, 0.15) is 46.0 Å². The lowest BCUT2D eigenvalue weighted by Gasteiger charge is -2.32. The molecule has 0 aromatic carbocycles. The second-order valence-electron chi connectivity index (χ2n) is 8.20. The van der Waals surface area contributed by atoms with Crippen molar-refractivity contribution in [2.24, 2.45) is 28.1 Å². The molecule has 0 radical (unpaired) electrons. The number of aliphatic carboxylic acids is 1. The second kappa shape index (κ2) is 13.6. The molecule has 1 aliphatic heterocycles. The van der Waals surface area contributed by atoms with Gasteiger partial charge in [0.15, 0.2) is 5.96 Å². The number of nitrogens with zero attached hydrogens (tertiary/aromatic N) is 2. The predicted molar refractivity (Wildman–Crippen MR) is 121 cm³/mol. The van der Waals surface area contributed by atoms with E-state index in [1.807, 2.05) is 13.8 Å². The maximum absolute atomic E-state index is 13.3. The number of nitrogens with two attached hydrogens (primary N) is 3. The molecule has 0 aromatic rings. The topological polar surface area (TPSA) is 226 Å². The van der Waals surface area contributed by atoms with Crippen LogP contribution in [-0.2, 0) is 19.2 Å². The summed E-state index contributed by atoms with van der Waals surface area (Å²) in [7, 11) is 0. The molecule has 13 heteroatoms. The van der Waals surface area contributed by atoms with Gasteiger partial charge in [-0.2, -0.15) is 0 Å². The number of aliphatic hydroxyl groups excluding tert-OH is 1. The molecule has 1 fully saturated rings. The molecule has 0 aromatic heterocycles. The lowest BCUT2D eigenvalue weighted by atomic mass is 9.96. The van der Waals surface area contributed by atoms with Crippen molar-refractivity contribution in [3.05, 3.63) is 0 Å². The molecule has 1 saturated heterocycles. The second-order valence-corrected chi connectivity index (χ2v) is 8.20. The number of aliphatic hydroxyl groups is 1. The Morgan fingerprint density at radius 2 is 1.88 bits per heavy atom. The average Bonchev–Trinajstić information content (AvgIpc) is 3.26. The fourth-order valence-electron chi connectivity index (χ4n) is 3.53. The number of carboxylic acids is 1. The summed E-state index contributed by atoms with van der Waals surface area (Å²) < 4.78 is 0. The molecule has 33 heavy (non-hydrogen) atoms. The van der Waals surface area contributed by atoms with Crippen molar-refractivity contribution in [1.29, 1.82) is 0 Å². The maximum atomic E-state index is 13.3. The van der Waals surface area contributed by atoms with Gasteiger partial charge in [0.25, 0.3) is 0 Å². The van der Waals surface area contributed by atoms with Crippen molar-refractivity contribution in [2.75, 3.05) is 19.7 Å². The van der Waals surface area contributed by atoms with Crippen LogP contribution < -0.4 is 27.8 Å². The van der Waals surface area contributed by atoms with Crippen LogP contribution in [0.15, 0.2) is 4.99 Å². The van der Waals surface area contributed by atoms with Crippen molar-refractivity contribution < 1.29 is 29.4 Å². The summed E-state index contributed by atoms with van der Waals surface area (Å²) in [4.78, 5) is 54.9. The normalized spacial score (nSPS) is 19.2. The molecular formula is C20H37N7O6. The van der Waals surface area contributed by atoms with E-state index in [0.717, 1.165) is 0 Å². The summed E-state index contributed by atoms with van der Waals surface area (Å²) in [5, 5.41) is 23.2. The molecule has 0 bridgehead atoms. The van der Waals surface area contributed by atoms with Crippen LogP contribution in [0.4, 0.5) is 0 Å². The van der Waals surface area contributed by atoms with Crippen LogP contribution in [0, 0.1) is 5.92 Å². The van der Waals surface area contributed by atoms with Crippen LogP contribution in [0.5, 0.6) is 0 Å². The number of carbonyl (C=O) groups excluding carboxylic acids is 3. The molecule has 188 valence electrons. The van der Waals surface area contributed by atoms with Crippen molar-refractivity contribution in [3.8, 4) is 0 Å². The Balaban J connectivity index is 2.86. The van der Waals surface area contributed by atoms with Crippen molar-refractivity contribution >= 4 is 29.7 Å². The number of nitrogens with one attached hydrogen (secondary N) is 2. The smallest absolute Gasteiger partial charge is 0.328 e. The molecule has 1 heterocycles. The van der Waals surface area contributed by atoms with Gasteiger partial charge in [-0.3, -0.25) is 19.4 Å². The van der Waals surface area contributed by atoms with Crippen LogP contribution in [0.3, 0.4) is 0 Å². The number of hydrogen-bond acceptors (Lipinski definition) is 7. The number of likely N-dealkylation sites (tertiary alicyclic amines) is 1. The highest BCUT2D eigenvalue weighted by Gasteiger charge is 2.40. The van der Waals surface area contributed by atoms with E-state index in [9.17, 15) is 19.2 Å². The van der Waals surface area contributed by atoms with Crippen LogP contribution in [-0.4, -0.2) is 88.6 Å². The number of rotatable bonds is 13. The fourth-order valence-corrected chi connectivity index (χ4v) is 3.53. The van der Waals surface area contributed by atoms with Crippen molar-refractivity contribution in [1.82, 2.24) is 15.5 Å². The van der Waals surface area contributed by atoms with Gasteiger partial charge in [0, 0.05) is 13.1 Å². The summed E-state index contributed by atoms with van der Waals surface area (Å²) in [6.45, 7) is 3.53. The first kappa shape index (κ1) is 28.1. The van der Waals surface area contributed by atoms with Gasteiger partial charge in [0.2, 0.25) is 17.7 Å². The minimum absolute atomic E-state index is 0.0478. The highest BCUT2D eigenvalue weighted by Crippen LogP contribution is 2.21. The molecule has 0 saturated carbocycles. The van der Waals surface area contributed by atoms with E-state index in [1.54, 1.807) is 0 Å². The van der Waals surface area contributed by atoms with E-state index in [0.29, 0.717) is 45.2 Å². The van der Waals surface area contributed by atoms with E-state index >= 15 is 0 Å². The molecule has 0 spiro atoms. The summed E-state index contributed by atoms with van der Waals surface area (Å²) in [6.07, 6.45) is 2.29. The number of guanidine groups is 1. The van der Waals surface area contributed by atoms with Gasteiger partial charge in [-0.15, -0.1) is 0 Å². The first-order valence-electron chi connectivity index (χ1n) is 11.1. The Morgan fingerprint density at radius 1 is 1.21 bits per heavy atom. The SMILES string of the molecule is CCC(C)C(NC(=O)C(N)CCCN=C(N)N)C(=O)N1CCCC1C(=O)NC(CO)C(=O)O. The lowest BCUT2D eigenvalue weighted by Crippen LogP contribution is -2.58. The first-order chi connectivity index (χ1) is 15.5. The summed E-state index contributed by atoms with van der Waals surface area (Å²) >= 11 is 0. The Bertz CT molecular complexity index is 728. The Hall–Kier alpha value is -2.93. The standard InChI is InChI=1S/C20H37N7O6/c1-3-11(2)15(26-16(29)12(21)6-4-8-24-20(22)23)18(31)27-9-5-7-14(27)17(30)25-13(10-28)19(32)33/h11-15,28H,3-10,21H2,1-2H3,(H,25,30)(H,26,29)(H,32,33)(H4,22,23,24). The van der Waals surface area contributed by atoms with E-state index in [2.05, 4.69) is 15.6 Å². The largest absolute Gasteiger partial charge is 0.480 e. The van der Waals surface area contributed by atoms with Gasteiger partial charge in [-0.25, -0.2) is 4.79 Å². The molecule has 13 nitrogen and oxygen atoms in total. The van der Waals surface area contributed by atoms with Crippen LogP contribution in [0.2, 0.25) is 0 Å². The fraction of sp³-hybridized carbons (Fsp3) is 0.750. The minimum atomic E-state index is -1.46. The Kier molecular flexibility index (Phi) is 11.6. The summed E-state index contributed by atoms with van der Waals surface area (Å²) in [5.41, 5.74) is 16.5. The Morgan fingerprint density at radius 3 is 2.42 bits per heavy atom. The van der Waals surface area contributed by atoms with Crippen molar-refractivity contribution in [2.45, 2.75) is 70.1 Å². The van der Waals surface area contributed by atoms with Gasteiger partial charge in [-0.05, 0) is 31.6 Å². The highest BCUT2D eigenvalue weighted by atomic mass is 16.4. The highest BCUT2D eigenvalue weighted by molar-refractivity contribution is 5.94. The summed E-state index contributed by atoms with van der Waals surface area (Å²) in [6, 6.07) is -4.11. The zero-order valence-corrected chi connectivity index (χ0v) is 19.2. The molecule has 0 aliphatic carbocycles. The molecule has 1 rings (SSSR count). The molecule has 5 atom stereocenters. The molecular weight excluding hydrogens is 434 g/mol. The van der Waals surface area contributed by atoms with E-state index in [-0.39, 0.29) is 11.9 Å². The Labute approximate surface area is 193 Å². The summed E-state index contributed by atoms with van der Waals surface area (Å²) in [5.74, 6) is -3.24. The van der Waals surface area contributed by atoms with E-state index < -0.39 is 54.5 Å². The number of carboxylic acid groups (broad SMARTS) is 1. The van der Waals surface area contributed by atoms with Gasteiger partial charge in [0.05, 0.1) is 12.6 Å². The predicted octanol–water partition coefficient (Wildman–Crippen LogP) is -2.55. The molecule has 1 aliphatic rings. The van der Waals surface area contributed by atoms with E-state index in [1.165, 1.54) is 4.90 Å². The number of amides is 3. The van der Waals surface area contributed by atoms with E-state index in [4.69, 9.17) is 27.4 Å². The van der Waals surface area contributed by atoms with Gasteiger partial charge < -0.3 is 42.9 Å². The lowest BCUT2D eigenvalue weighted by molar-refractivity contribution is -0.146. The molecule has 3 amide bonds. The number of hydrogen-bond donors (Lipinski definition) is 7. The monoisotopic (exact) mass is 471 g/mol. The zero-order valence-electron chi connectivity index (χ0n) is 19.2. The van der Waals surface area contributed by atoms with Gasteiger partial charge in [0.1, 0.15) is 18.1 Å². The van der Waals surface area contributed by atoms with Crippen LogP contribution in [0.25, 0.3) is 0 Å². The third kappa shape index (κ3) is 8.50. The third-order valence-corrected chi connectivity index (χ3v) is 5.72. The molecule has 5 unspecified atom stereocenters. The number of aliphatic imine (C=N–C) groups is 1. The van der Waals surface area contributed by atoms with Crippen molar-refractivity contribution in [3.63, 3.8) is 0 Å². The minimum Gasteiger partial charge on any atom is -0.480 e. The zero-order chi connectivity index (χ0) is 25.1.